The standard InChI is InChI=1S/C16H7Cl2F3N6/c1-7-2-11(15-24-12(5-22)13(6-23)25-15)26-27(7)14-9(17)3-8(4-10(14)18)16(19,20)21/h2-4H,1H3,(H,24,25). The van der Waals surface area contributed by atoms with Crippen LogP contribution in [-0.4, -0.2) is 19.7 Å². The first-order valence-electron chi connectivity index (χ1n) is 7.19. The van der Waals surface area contributed by atoms with Crippen LogP contribution in [0.5, 0.6) is 0 Å². The summed E-state index contributed by atoms with van der Waals surface area (Å²) in [4.78, 5) is 6.64. The van der Waals surface area contributed by atoms with Crippen LogP contribution in [0.2, 0.25) is 10.0 Å². The smallest absolute Gasteiger partial charge is 0.327 e. The summed E-state index contributed by atoms with van der Waals surface area (Å²) in [6.45, 7) is 1.64. The van der Waals surface area contributed by atoms with Crippen molar-refractivity contribution in [2.24, 2.45) is 0 Å². The van der Waals surface area contributed by atoms with Gasteiger partial charge in [0.1, 0.15) is 23.5 Å². The topological polar surface area (TPSA) is 94.1 Å². The number of hydrogen-bond acceptors (Lipinski definition) is 4. The van der Waals surface area contributed by atoms with Crippen LogP contribution in [0, 0.1) is 29.6 Å². The molecule has 0 fully saturated rings. The molecule has 3 rings (SSSR count). The van der Waals surface area contributed by atoms with Crippen molar-refractivity contribution >= 4 is 23.2 Å². The minimum absolute atomic E-state index is 0.0229. The Labute approximate surface area is 160 Å². The van der Waals surface area contributed by atoms with Gasteiger partial charge >= 0.3 is 6.18 Å². The Morgan fingerprint density at radius 1 is 1.11 bits per heavy atom. The maximum absolute atomic E-state index is 12.9. The molecule has 1 N–H and O–H groups in total. The summed E-state index contributed by atoms with van der Waals surface area (Å²) < 4.78 is 39.9. The van der Waals surface area contributed by atoms with Gasteiger partial charge < -0.3 is 4.98 Å². The molecule has 0 unspecified atom stereocenters. The number of aryl methyl sites for hydroxylation is 1. The second-order valence-corrected chi connectivity index (χ2v) is 6.22. The number of halogens is 5. The maximum atomic E-state index is 12.9. The highest BCUT2D eigenvalue weighted by Crippen LogP contribution is 2.38. The molecule has 6 nitrogen and oxygen atoms in total. The van der Waals surface area contributed by atoms with Gasteiger partial charge in [0.25, 0.3) is 0 Å². The van der Waals surface area contributed by atoms with E-state index < -0.39 is 11.7 Å². The summed E-state index contributed by atoms with van der Waals surface area (Å²) in [5, 5.41) is 21.7. The van der Waals surface area contributed by atoms with Gasteiger partial charge in [-0.25, -0.2) is 9.67 Å². The van der Waals surface area contributed by atoms with E-state index in [1.807, 2.05) is 0 Å². The Morgan fingerprint density at radius 3 is 2.22 bits per heavy atom. The van der Waals surface area contributed by atoms with Crippen LogP contribution in [0.25, 0.3) is 17.2 Å². The van der Waals surface area contributed by atoms with Gasteiger partial charge in [-0.2, -0.15) is 28.8 Å². The van der Waals surface area contributed by atoms with Crippen molar-refractivity contribution in [3.63, 3.8) is 0 Å². The lowest BCUT2D eigenvalue weighted by Crippen LogP contribution is -2.07. The number of aromatic nitrogens is 4. The number of rotatable bonds is 2. The number of nitriles is 2. The molecule has 0 aliphatic rings. The van der Waals surface area contributed by atoms with Crippen molar-refractivity contribution in [2.45, 2.75) is 13.1 Å². The summed E-state index contributed by atoms with van der Waals surface area (Å²) in [6.07, 6.45) is -4.59. The van der Waals surface area contributed by atoms with Gasteiger partial charge in [0.2, 0.25) is 0 Å². The predicted octanol–water partition coefficient (Wildman–Crippen LogP) is 4.64. The number of hydrogen-bond donors (Lipinski definition) is 1. The molecule has 0 saturated heterocycles. The van der Waals surface area contributed by atoms with E-state index in [0.29, 0.717) is 5.69 Å². The van der Waals surface area contributed by atoms with Gasteiger partial charge in [-0.1, -0.05) is 23.2 Å². The van der Waals surface area contributed by atoms with Gasteiger partial charge in [0, 0.05) is 5.69 Å². The van der Waals surface area contributed by atoms with Crippen LogP contribution >= 0.6 is 23.2 Å². The molecule has 0 amide bonds. The molecule has 0 aliphatic heterocycles. The number of aromatic amines is 1. The minimum Gasteiger partial charge on any atom is -0.327 e. The Morgan fingerprint density at radius 2 is 1.74 bits per heavy atom. The first kappa shape index (κ1) is 18.8. The third-order valence-electron chi connectivity index (χ3n) is 3.61. The lowest BCUT2D eigenvalue weighted by molar-refractivity contribution is -0.137. The Balaban J connectivity index is 2.12. The van der Waals surface area contributed by atoms with Crippen molar-refractivity contribution < 1.29 is 13.2 Å². The van der Waals surface area contributed by atoms with Gasteiger partial charge in [-0.05, 0) is 25.1 Å². The molecule has 3 aromatic rings. The van der Waals surface area contributed by atoms with E-state index in [2.05, 4.69) is 15.1 Å². The first-order chi connectivity index (χ1) is 12.7. The van der Waals surface area contributed by atoms with E-state index in [0.717, 1.165) is 12.1 Å². The van der Waals surface area contributed by atoms with Crippen LogP contribution in [0.1, 0.15) is 22.6 Å². The van der Waals surface area contributed by atoms with Gasteiger partial charge in [0.15, 0.2) is 17.2 Å². The third kappa shape index (κ3) is 3.35. The summed E-state index contributed by atoms with van der Waals surface area (Å²) in [5.41, 5.74) is -0.257. The van der Waals surface area contributed by atoms with E-state index in [1.165, 1.54) is 4.68 Å². The monoisotopic (exact) mass is 410 g/mol. The number of H-pyrrole nitrogens is 1. The summed E-state index contributed by atoms with van der Waals surface area (Å²) in [6, 6.07) is 6.67. The molecule has 2 aromatic heterocycles. The Bertz CT molecular complexity index is 1080. The zero-order valence-electron chi connectivity index (χ0n) is 13.4. The highest BCUT2D eigenvalue weighted by Gasteiger charge is 2.32. The molecule has 0 atom stereocenters. The van der Waals surface area contributed by atoms with Gasteiger partial charge in [-0.15, -0.1) is 0 Å². The molecule has 27 heavy (non-hydrogen) atoms. The molecule has 11 heteroatoms. The second-order valence-electron chi connectivity index (χ2n) is 5.40. The lowest BCUT2D eigenvalue weighted by Gasteiger charge is -2.13. The SMILES string of the molecule is Cc1cc(-c2nc(C#N)c(C#N)[nH]2)nn1-c1c(Cl)cc(C(F)(F)F)cc1Cl. The molecule has 0 radical (unpaired) electrons. The molecule has 0 spiro atoms. The fourth-order valence-corrected chi connectivity index (χ4v) is 3.05. The molecule has 136 valence electrons. The average Bonchev–Trinajstić information content (AvgIpc) is 3.17. The van der Waals surface area contributed by atoms with Crippen LogP contribution in [0.4, 0.5) is 13.2 Å². The van der Waals surface area contributed by atoms with Gasteiger partial charge in [0.05, 0.1) is 15.6 Å². The average molecular weight is 411 g/mol. The van der Waals surface area contributed by atoms with Crippen molar-refractivity contribution in [2.75, 3.05) is 0 Å². The number of nitrogens with one attached hydrogen (secondary N) is 1. The summed E-state index contributed by atoms with van der Waals surface area (Å²) >= 11 is 12.0. The number of imidazole rings is 1. The minimum atomic E-state index is -4.59. The first-order valence-corrected chi connectivity index (χ1v) is 7.95. The molecule has 0 aliphatic carbocycles. The van der Waals surface area contributed by atoms with Crippen LogP contribution in [0.15, 0.2) is 18.2 Å². The molecule has 0 bridgehead atoms. The second kappa shape index (κ2) is 6.62. The predicted molar refractivity (Wildman–Crippen MR) is 90.3 cm³/mol. The third-order valence-corrected chi connectivity index (χ3v) is 4.18. The van der Waals surface area contributed by atoms with Gasteiger partial charge in [-0.3, -0.25) is 0 Å². The fourth-order valence-electron chi connectivity index (χ4n) is 2.40. The molecular weight excluding hydrogens is 404 g/mol. The highest BCUT2D eigenvalue weighted by atomic mass is 35.5. The number of nitrogens with zero attached hydrogens (tertiary/aromatic N) is 5. The van der Waals surface area contributed by atoms with E-state index in [-0.39, 0.29) is 38.6 Å². The number of alkyl halides is 3. The van der Waals surface area contributed by atoms with Crippen LogP contribution in [-0.2, 0) is 6.18 Å². The van der Waals surface area contributed by atoms with Crippen LogP contribution < -0.4 is 0 Å². The summed E-state index contributed by atoms with van der Waals surface area (Å²) in [5.74, 6) is 0.157. The van der Waals surface area contributed by atoms with E-state index >= 15 is 0 Å². The fraction of sp³-hybridized carbons (Fsp3) is 0.125. The van der Waals surface area contributed by atoms with E-state index in [9.17, 15) is 13.2 Å². The van der Waals surface area contributed by atoms with Crippen LogP contribution in [0.3, 0.4) is 0 Å². The molecule has 0 saturated carbocycles. The lowest BCUT2D eigenvalue weighted by atomic mass is 10.2. The molecule has 2 heterocycles. The molecular formula is C16H7Cl2F3N6. The van der Waals surface area contributed by atoms with Crippen molar-refractivity contribution in [1.29, 1.82) is 10.5 Å². The number of benzene rings is 1. The molecule has 1 aromatic carbocycles. The zero-order valence-corrected chi connectivity index (χ0v) is 14.9. The zero-order chi connectivity index (χ0) is 19.9. The Kier molecular flexibility index (Phi) is 4.60. The largest absolute Gasteiger partial charge is 0.416 e. The maximum Gasteiger partial charge on any atom is 0.416 e. The van der Waals surface area contributed by atoms with E-state index in [1.54, 1.807) is 25.1 Å². The quantitative estimate of drug-likeness (QED) is 0.665. The summed E-state index contributed by atoms with van der Waals surface area (Å²) in [7, 11) is 0. The van der Waals surface area contributed by atoms with E-state index in [4.69, 9.17) is 33.7 Å². The normalized spacial score (nSPS) is 11.3. The Hall–Kier alpha value is -3.01. The van der Waals surface area contributed by atoms with Crippen molar-refractivity contribution in [3.05, 3.63) is 50.9 Å². The van der Waals surface area contributed by atoms with Crippen molar-refractivity contribution in [3.8, 4) is 29.3 Å². The highest BCUT2D eigenvalue weighted by molar-refractivity contribution is 6.37. The van der Waals surface area contributed by atoms with Crippen molar-refractivity contribution in [1.82, 2.24) is 19.7 Å².